The molecule has 1 fully saturated rings. The van der Waals surface area contributed by atoms with E-state index in [4.69, 9.17) is 0 Å². The van der Waals surface area contributed by atoms with Crippen LogP contribution in [0.2, 0.25) is 0 Å². The molecular formula is C20H24. The van der Waals surface area contributed by atoms with Crippen molar-refractivity contribution in [1.82, 2.24) is 0 Å². The molecule has 20 heavy (non-hydrogen) atoms. The SMILES string of the molecule is C(=C\c1ccccc1)/c1ccccc1.C1CCCCC1. The van der Waals surface area contributed by atoms with E-state index in [1.807, 2.05) is 36.4 Å². The molecule has 1 saturated carbocycles. The molecule has 2 aromatic rings. The highest BCUT2D eigenvalue weighted by molar-refractivity contribution is 5.69. The Morgan fingerprint density at radius 3 is 1.05 bits per heavy atom. The summed E-state index contributed by atoms with van der Waals surface area (Å²) >= 11 is 0. The van der Waals surface area contributed by atoms with Crippen molar-refractivity contribution in [3.63, 3.8) is 0 Å². The average Bonchev–Trinajstić information content (AvgIpc) is 2.57. The molecule has 0 heterocycles. The summed E-state index contributed by atoms with van der Waals surface area (Å²) < 4.78 is 0. The third-order valence-corrected chi connectivity index (χ3v) is 3.57. The molecule has 0 bridgehead atoms. The van der Waals surface area contributed by atoms with Gasteiger partial charge in [0.05, 0.1) is 0 Å². The Labute approximate surface area is 123 Å². The van der Waals surface area contributed by atoms with Crippen molar-refractivity contribution in [1.29, 1.82) is 0 Å². The smallest absolute Gasteiger partial charge is 0.0256 e. The lowest BCUT2D eigenvalue weighted by atomic mass is 10.0. The summed E-state index contributed by atoms with van der Waals surface area (Å²) in [6.45, 7) is 0. The molecule has 1 aliphatic carbocycles. The van der Waals surface area contributed by atoms with E-state index in [9.17, 15) is 0 Å². The maximum Gasteiger partial charge on any atom is -0.0256 e. The first kappa shape index (κ1) is 14.6. The van der Waals surface area contributed by atoms with Gasteiger partial charge in [-0.25, -0.2) is 0 Å². The normalized spacial score (nSPS) is 14.6. The van der Waals surface area contributed by atoms with Crippen molar-refractivity contribution in [3.05, 3.63) is 71.8 Å². The summed E-state index contributed by atoms with van der Waals surface area (Å²) in [5, 5.41) is 0. The quantitative estimate of drug-likeness (QED) is 0.567. The minimum absolute atomic E-state index is 1.23. The Morgan fingerprint density at radius 2 is 0.750 bits per heavy atom. The standard InChI is InChI=1S/C14H12.C6H12/c1-3-7-13(8-4-1)11-12-14-9-5-2-6-10-14;1-2-4-6-5-3-1/h1-12H;1-6H2/b12-11+;. The highest BCUT2D eigenvalue weighted by Gasteiger charge is 1.95. The van der Waals surface area contributed by atoms with Crippen LogP contribution in [0.1, 0.15) is 49.7 Å². The van der Waals surface area contributed by atoms with E-state index in [1.54, 1.807) is 0 Å². The van der Waals surface area contributed by atoms with Gasteiger partial charge in [0.2, 0.25) is 0 Å². The molecule has 0 spiro atoms. The van der Waals surface area contributed by atoms with Crippen molar-refractivity contribution in [2.24, 2.45) is 0 Å². The number of benzene rings is 2. The van der Waals surface area contributed by atoms with Crippen LogP contribution in [-0.4, -0.2) is 0 Å². The minimum Gasteiger partial charge on any atom is -0.0622 e. The zero-order valence-corrected chi connectivity index (χ0v) is 12.2. The van der Waals surface area contributed by atoms with Gasteiger partial charge < -0.3 is 0 Å². The van der Waals surface area contributed by atoms with E-state index in [2.05, 4.69) is 36.4 Å². The lowest BCUT2D eigenvalue weighted by Crippen LogP contribution is -1.85. The fourth-order valence-electron chi connectivity index (χ4n) is 2.38. The molecule has 0 N–H and O–H groups in total. The van der Waals surface area contributed by atoms with Crippen LogP contribution in [0.25, 0.3) is 12.2 Å². The van der Waals surface area contributed by atoms with Gasteiger partial charge in [-0.15, -0.1) is 0 Å². The lowest BCUT2D eigenvalue weighted by Gasteiger charge is -2.05. The number of hydrogen-bond acceptors (Lipinski definition) is 0. The van der Waals surface area contributed by atoms with Gasteiger partial charge in [-0.3, -0.25) is 0 Å². The molecule has 104 valence electrons. The molecule has 0 aromatic heterocycles. The molecular weight excluding hydrogens is 240 g/mol. The molecule has 0 unspecified atom stereocenters. The van der Waals surface area contributed by atoms with E-state index in [0.717, 1.165) is 0 Å². The van der Waals surface area contributed by atoms with Crippen molar-refractivity contribution >= 4 is 12.2 Å². The predicted octanol–water partition coefficient (Wildman–Crippen LogP) is 6.20. The van der Waals surface area contributed by atoms with Crippen LogP contribution >= 0.6 is 0 Å². The van der Waals surface area contributed by atoms with Crippen LogP contribution in [-0.2, 0) is 0 Å². The topological polar surface area (TPSA) is 0 Å². The highest BCUT2D eigenvalue weighted by Crippen LogP contribution is 2.15. The molecule has 0 radical (unpaired) electrons. The second-order valence-corrected chi connectivity index (χ2v) is 5.28. The van der Waals surface area contributed by atoms with Gasteiger partial charge in [-0.1, -0.05) is 111 Å². The first-order valence-electron chi connectivity index (χ1n) is 7.73. The zero-order chi connectivity index (χ0) is 13.9. The maximum absolute atomic E-state index is 2.12. The van der Waals surface area contributed by atoms with Crippen LogP contribution in [0.3, 0.4) is 0 Å². The van der Waals surface area contributed by atoms with Crippen molar-refractivity contribution < 1.29 is 0 Å². The summed E-state index contributed by atoms with van der Waals surface area (Å²) in [5.74, 6) is 0. The summed E-state index contributed by atoms with van der Waals surface area (Å²) in [5.41, 5.74) is 2.47. The second kappa shape index (κ2) is 9.14. The monoisotopic (exact) mass is 264 g/mol. The first-order valence-corrected chi connectivity index (χ1v) is 7.73. The van der Waals surface area contributed by atoms with Gasteiger partial charge in [0, 0.05) is 0 Å². The highest BCUT2D eigenvalue weighted by atomic mass is 14.0. The van der Waals surface area contributed by atoms with Crippen molar-refractivity contribution in [2.45, 2.75) is 38.5 Å². The molecule has 2 aromatic carbocycles. The molecule has 0 saturated heterocycles. The van der Waals surface area contributed by atoms with E-state index in [1.165, 1.54) is 49.7 Å². The van der Waals surface area contributed by atoms with Gasteiger partial charge in [0.15, 0.2) is 0 Å². The molecule has 0 nitrogen and oxygen atoms in total. The van der Waals surface area contributed by atoms with Crippen molar-refractivity contribution in [2.75, 3.05) is 0 Å². The number of hydrogen-bond donors (Lipinski definition) is 0. The van der Waals surface area contributed by atoms with Gasteiger partial charge in [0.1, 0.15) is 0 Å². The Morgan fingerprint density at radius 1 is 0.450 bits per heavy atom. The fraction of sp³-hybridized carbons (Fsp3) is 0.300. The molecule has 0 aliphatic heterocycles. The molecule has 1 aliphatic rings. The third kappa shape index (κ3) is 5.88. The fourth-order valence-corrected chi connectivity index (χ4v) is 2.38. The molecule has 0 amide bonds. The first-order chi connectivity index (χ1) is 9.95. The van der Waals surface area contributed by atoms with E-state index >= 15 is 0 Å². The summed E-state index contributed by atoms with van der Waals surface area (Å²) in [4.78, 5) is 0. The summed E-state index contributed by atoms with van der Waals surface area (Å²) in [6, 6.07) is 20.6. The van der Waals surface area contributed by atoms with E-state index < -0.39 is 0 Å². The molecule has 0 atom stereocenters. The average molecular weight is 264 g/mol. The summed E-state index contributed by atoms with van der Waals surface area (Å²) in [7, 11) is 0. The van der Waals surface area contributed by atoms with E-state index in [-0.39, 0.29) is 0 Å². The maximum atomic E-state index is 2.12. The third-order valence-electron chi connectivity index (χ3n) is 3.57. The van der Waals surface area contributed by atoms with Gasteiger partial charge >= 0.3 is 0 Å². The van der Waals surface area contributed by atoms with Crippen LogP contribution in [0.5, 0.6) is 0 Å². The van der Waals surface area contributed by atoms with Crippen LogP contribution in [0, 0.1) is 0 Å². The lowest BCUT2D eigenvalue weighted by molar-refractivity contribution is 0.504. The zero-order valence-electron chi connectivity index (χ0n) is 12.2. The molecule has 3 rings (SSSR count). The minimum atomic E-state index is 1.23. The van der Waals surface area contributed by atoms with Gasteiger partial charge in [-0.05, 0) is 11.1 Å². The van der Waals surface area contributed by atoms with Crippen LogP contribution < -0.4 is 0 Å². The second-order valence-electron chi connectivity index (χ2n) is 5.28. The number of rotatable bonds is 2. The van der Waals surface area contributed by atoms with Gasteiger partial charge in [0.25, 0.3) is 0 Å². The largest absolute Gasteiger partial charge is 0.0622 e. The summed E-state index contributed by atoms with van der Waals surface area (Å²) in [6.07, 6.45) is 13.2. The van der Waals surface area contributed by atoms with E-state index in [0.29, 0.717) is 0 Å². The Balaban J connectivity index is 0.000000205. The Hall–Kier alpha value is -1.82. The molecule has 0 heteroatoms. The van der Waals surface area contributed by atoms with Gasteiger partial charge in [-0.2, -0.15) is 0 Å². The van der Waals surface area contributed by atoms with Crippen LogP contribution in [0.15, 0.2) is 60.7 Å². The van der Waals surface area contributed by atoms with Crippen molar-refractivity contribution in [3.8, 4) is 0 Å². The Bertz CT molecular complexity index is 425. The Kier molecular flexibility index (Phi) is 6.67. The van der Waals surface area contributed by atoms with Crippen LogP contribution in [0.4, 0.5) is 0 Å². The predicted molar refractivity (Wildman–Crippen MR) is 89.5 cm³/mol.